The van der Waals surface area contributed by atoms with Crippen LogP contribution in [0.15, 0.2) is 35.9 Å². The number of rotatable bonds is 34. The predicted molar refractivity (Wildman–Crippen MR) is 357 cm³/mol. The Bertz CT molecular complexity index is 2900. The summed E-state index contributed by atoms with van der Waals surface area (Å²) in [4.78, 5) is 146. The maximum Gasteiger partial charge on any atom is 0.409 e. The fourth-order valence-electron chi connectivity index (χ4n) is 12.3. The lowest BCUT2D eigenvalue weighted by Crippen LogP contribution is -2.60. The molecular formula is C69H103ClN6O17S. The summed E-state index contributed by atoms with van der Waals surface area (Å²) in [5.41, 5.74) is 0.0584. The number of nitrogens with zero attached hydrogens (tertiary/aromatic N) is 2. The van der Waals surface area contributed by atoms with Gasteiger partial charge < -0.3 is 54.9 Å². The van der Waals surface area contributed by atoms with Gasteiger partial charge in [-0.3, -0.25) is 48.5 Å². The minimum absolute atomic E-state index is 0.000903. The minimum atomic E-state index is -1.68. The first kappa shape index (κ1) is 78.5. The molecule has 5 rings (SSSR count). The topological polar surface area (TPSA) is 323 Å². The Balaban J connectivity index is 1.06. The van der Waals surface area contributed by atoms with Crippen LogP contribution in [0, 0.1) is 36.5 Å². The second-order valence-corrected chi connectivity index (χ2v) is 28.1. The summed E-state index contributed by atoms with van der Waals surface area (Å²) < 4.78 is 23.7. The highest BCUT2D eigenvalue weighted by Crippen LogP contribution is 2.49. The molecule has 3 aliphatic heterocycles. The van der Waals surface area contributed by atoms with E-state index in [1.165, 1.54) is 30.7 Å². The number of thioether (sulfide) groups is 1. The first-order valence-corrected chi connectivity index (χ1v) is 34.9. The van der Waals surface area contributed by atoms with Gasteiger partial charge in [-0.1, -0.05) is 87.9 Å². The van der Waals surface area contributed by atoms with Gasteiger partial charge in [0.05, 0.1) is 43.0 Å². The standard InChI is InChI=1S/C69H103ClN6O17S/c1-11-12-14-22-58(80)71-29-31-90-30-27-52(78)36-51(64(84)73-40-45(5)77)20-15-13-16-21-54(79)50-25-23-48(24-26-50)41-72-59(81)37-56(65(85)86)94-32-28-60(82)75(9)47(7)66(87)92-57-38-61(83)76(10)53-35-49(34-43(3)62(53)70)33-42(2)18-17-19-44(4)69(89)39-55(91-67(88)74-69)46(6)63-68(57,8)93-63/h17-19,34-35,44,46-48,50-51,55-57,63,89H,11-16,20-33,36-41H2,1-10H3,(H,71,80)(H,72,81)(H,73,84)(H,74,88)(H,85,86)/b19-17+,42-18+/t44-,46+,47-,48?,50?,51?,55?,56?,57-,63-,68-,69-/m0/s1. The van der Waals surface area contributed by atoms with Crippen LogP contribution in [0.25, 0.3) is 0 Å². The minimum Gasteiger partial charge on any atom is -0.480 e. The number of unbranched alkanes of at least 4 members (excludes halogenated alkanes) is 4. The van der Waals surface area contributed by atoms with Crippen LogP contribution in [-0.4, -0.2) is 174 Å². The van der Waals surface area contributed by atoms with E-state index in [0.717, 1.165) is 47.7 Å². The fraction of sp³-hybridized carbons (Fsp3) is 0.696. The molecule has 3 fully saturated rings. The SMILES string of the molecule is CCCCCC(=O)NCCOCCC(=O)CC(CCCCCC(=O)C1CCC(CNC(=O)CC(SCCC(=O)N(C)[C@@H](C)C(=O)O[C@H]2CC(=O)N(C)c3cc(cc(C)c3Cl)C/C(C)=C/C=C/[C@H](C)[C@@]3(O)CC(OC(=O)N3)[C@@H](C)[C@@H]3O[C@@]23C)C(=O)O)CC1)C(=O)NCC(C)=O. The number of aliphatic hydroxyl groups is 1. The molecule has 6 N–H and O–H groups in total. The zero-order valence-electron chi connectivity index (χ0n) is 56.7. The van der Waals surface area contributed by atoms with Gasteiger partial charge in [-0.2, -0.15) is 0 Å². The number of epoxide rings is 1. The number of carbonyl (C=O) groups is 11. The lowest BCUT2D eigenvalue weighted by atomic mass is 9.79. The third kappa shape index (κ3) is 24.5. The Morgan fingerprint density at radius 2 is 1.63 bits per heavy atom. The van der Waals surface area contributed by atoms with Gasteiger partial charge in [-0.25, -0.2) is 9.59 Å². The monoisotopic (exact) mass is 1350 g/mol. The Hall–Kier alpha value is -6.21. The van der Waals surface area contributed by atoms with Gasteiger partial charge in [0.15, 0.2) is 0 Å². The molecule has 0 radical (unpaired) electrons. The van der Waals surface area contributed by atoms with Crippen LogP contribution in [-0.2, 0) is 73.3 Å². The molecule has 10 atom stereocenters. The Morgan fingerprint density at radius 3 is 2.32 bits per heavy atom. The first-order chi connectivity index (χ1) is 44.5. The number of allylic oxidation sites excluding steroid dienone is 3. The van der Waals surface area contributed by atoms with Gasteiger partial charge in [-0.15, -0.1) is 11.8 Å². The quantitative estimate of drug-likeness (QED) is 0.0215. The first-order valence-electron chi connectivity index (χ1n) is 33.5. The zero-order valence-corrected chi connectivity index (χ0v) is 58.3. The number of anilines is 1. The molecule has 2 saturated heterocycles. The number of aliphatic carboxylic acids is 1. The highest BCUT2D eigenvalue weighted by molar-refractivity contribution is 8.00. The summed E-state index contributed by atoms with van der Waals surface area (Å²) in [5.74, 6) is -5.85. The van der Waals surface area contributed by atoms with Crippen molar-refractivity contribution in [3.63, 3.8) is 0 Å². The maximum absolute atomic E-state index is 14.4. The van der Waals surface area contributed by atoms with E-state index in [1.807, 2.05) is 38.1 Å². The number of nitrogens with one attached hydrogen (secondary N) is 4. The van der Waals surface area contributed by atoms with Crippen LogP contribution in [0.1, 0.15) is 182 Å². The third-order valence-corrected chi connectivity index (χ3v) is 20.5. The number of carbonyl (C=O) groups excluding carboxylic acids is 10. The van der Waals surface area contributed by atoms with E-state index < -0.39 is 94.4 Å². The summed E-state index contributed by atoms with van der Waals surface area (Å²) in [6, 6.07) is 2.58. The van der Waals surface area contributed by atoms with E-state index in [2.05, 4.69) is 28.2 Å². The van der Waals surface area contributed by atoms with E-state index in [9.17, 15) is 63.0 Å². The van der Waals surface area contributed by atoms with Gasteiger partial charge >= 0.3 is 18.0 Å². The normalized spacial score (nSPS) is 25.7. The Labute approximate surface area is 563 Å². The number of carboxylic acids is 1. The highest BCUT2D eigenvalue weighted by atomic mass is 35.5. The molecule has 1 aliphatic carbocycles. The van der Waals surface area contributed by atoms with Crippen molar-refractivity contribution < 1.29 is 81.9 Å². The number of likely N-dealkylation sites (N-methyl/N-ethyl adjacent to an activating group) is 1. The van der Waals surface area contributed by atoms with Crippen LogP contribution in [0.3, 0.4) is 0 Å². The lowest BCUT2D eigenvalue weighted by Gasteiger charge is -2.41. The second kappa shape index (κ2) is 37.9. The van der Waals surface area contributed by atoms with Crippen molar-refractivity contribution in [2.75, 3.05) is 57.6 Å². The van der Waals surface area contributed by atoms with Crippen LogP contribution in [0.4, 0.5) is 10.5 Å². The number of hydrogen-bond acceptors (Lipinski definition) is 17. The number of aryl methyl sites for hydroxylation is 1. The molecule has 1 aromatic rings. The predicted octanol–water partition coefficient (Wildman–Crippen LogP) is 8.23. The number of ketones is 3. The lowest BCUT2D eigenvalue weighted by molar-refractivity contribution is -0.162. The molecule has 3 heterocycles. The zero-order chi connectivity index (χ0) is 69.5. The highest BCUT2D eigenvalue weighted by Gasteiger charge is 2.64. The van der Waals surface area contributed by atoms with Crippen molar-refractivity contribution >= 4 is 94.0 Å². The van der Waals surface area contributed by atoms with E-state index in [4.69, 9.17) is 30.5 Å². The molecule has 4 bridgehead atoms. The average Bonchev–Trinajstić information content (AvgIpc) is 1.57. The van der Waals surface area contributed by atoms with E-state index in [1.54, 1.807) is 33.9 Å². The number of esters is 1. The van der Waals surface area contributed by atoms with E-state index in [-0.39, 0.29) is 105 Å². The van der Waals surface area contributed by atoms with Crippen LogP contribution >= 0.6 is 23.4 Å². The second-order valence-electron chi connectivity index (χ2n) is 26.4. The summed E-state index contributed by atoms with van der Waals surface area (Å²) in [6.45, 7) is 14.9. The number of alkyl carbamates (subject to hydrolysis) is 1. The van der Waals surface area contributed by atoms with Gasteiger partial charge in [-0.05, 0) is 109 Å². The van der Waals surface area contributed by atoms with E-state index >= 15 is 0 Å². The fourth-order valence-corrected chi connectivity index (χ4v) is 13.6. The number of benzene rings is 1. The average molecular weight is 1360 g/mol. The molecule has 25 heteroatoms. The molecule has 3 unspecified atom stereocenters. The molecule has 23 nitrogen and oxygen atoms in total. The summed E-state index contributed by atoms with van der Waals surface area (Å²) in [7, 11) is 2.99. The largest absolute Gasteiger partial charge is 0.480 e. The number of fused-ring (bicyclic) bond motifs is 5. The number of carboxylic acid groups (broad SMARTS) is 1. The number of hydrogen-bond donors (Lipinski definition) is 6. The van der Waals surface area contributed by atoms with Crippen molar-refractivity contribution in [3.8, 4) is 0 Å². The molecular weight excluding hydrogens is 1250 g/mol. The van der Waals surface area contributed by atoms with E-state index in [0.29, 0.717) is 94.4 Å². The number of amides is 6. The van der Waals surface area contributed by atoms with Crippen molar-refractivity contribution in [2.24, 2.45) is 29.6 Å². The number of Topliss-reactive ketones (excluding diaryl/α,β-unsaturated/α-hetero) is 3. The molecule has 524 valence electrons. The Kier molecular flexibility index (Phi) is 31.7. The van der Waals surface area contributed by atoms with Gasteiger partial charge in [0, 0.05) is 102 Å². The maximum atomic E-state index is 14.4. The smallest absolute Gasteiger partial charge is 0.409 e. The van der Waals surface area contributed by atoms with Crippen LogP contribution in [0.2, 0.25) is 5.02 Å². The van der Waals surface area contributed by atoms with Gasteiger partial charge in [0.2, 0.25) is 29.5 Å². The third-order valence-electron chi connectivity index (χ3n) is 18.8. The molecule has 1 aromatic carbocycles. The molecule has 0 aromatic heterocycles. The van der Waals surface area contributed by atoms with Crippen LogP contribution in [0.5, 0.6) is 0 Å². The molecule has 94 heavy (non-hydrogen) atoms. The number of halogens is 1. The molecule has 1 saturated carbocycles. The molecule has 0 spiro atoms. The van der Waals surface area contributed by atoms with Crippen molar-refractivity contribution in [1.82, 2.24) is 26.2 Å². The van der Waals surface area contributed by atoms with Crippen molar-refractivity contribution in [1.29, 1.82) is 0 Å². The van der Waals surface area contributed by atoms with Crippen molar-refractivity contribution in [2.45, 2.75) is 225 Å². The summed E-state index contributed by atoms with van der Waals surface area (Å²) in [6.07, 6.45) is 10.4. The summed E-state index contributed by atoms with van der Waals surface area (Å²) >= 11 is 7.77. The van der Waals surface area contributed by atoms with Gasteiger partial charge in [0.25, 0.3) is 0 Å². The van der Waals surface area contributed by atoms with Crippen LogP contribution < -0.4 is 26.2 Å². The molecule has 4 aliphatic rings. The Morgan fingerprint density at radius 1 is 0.915 bits per heavy atom. The summed E-state index contributed by atoms with van der Waals surface area (Å²) in [5, 5.41) is 32.0. The van der Waals surface area contributed by atoms with Gasteiger partial charge in [0.1, 0.15) is 52.2 Å². The molecule has 6 amide bonds. The van der Waals surface area contributed by atoms with Crippen molar-refractivity contribution in [3.05, 3.63) is 52.1 Å². The number of ether oxygens (including phenoxy) is 4.